The van der Waals surface area contributed by atoms with E-state index in [4.69, 9.17) is 16.3 Å². The van der Waals surface area contributed by atoms with Gasteiger partial charge >= 0.3 is 0 Å². The van der Waals surface area contributed by atoms with Crippen LogP contribution in [-0.2, 0) is 0 Å². The zero-order valence-electron chi connectivity index (χ0n) is 10.0. The summed E-state index contributed by atoms with van der Waals surface area (Å²) in [5.41, 5.74) is 1.57. The molecule has 2 heterocycles. The fraction of sp³-hybridized carbons (Fsp3) is 0.0769. The molecule has 6 heteroatoms. The van der Waals surface area contributed by atoms with E-state index in [0.29, 0.717) is 22.6 Å². The number of halogens is 1. The van der Waals surface area contributed by atoms with Crippen LogP contribution in [0.3, 0.4) is 0 Å². The van der Waals surface area contributed by atoms with Gasteiger partial charge in [0, 0.05) is 24.5 Å². The van der Waals surface area contributed by atoms with Gasteiger partial charge in [-0.3, -0.25) is 9.97 Å². The number of ether oxygens (including phenoxy) is 1. The Labute approximate surface area is 114 Å². The van der Waals surface area contributed by atoms with Gasteiger partial charge in [-0.1, -0.05) is 11.6 Å². The smallest absolute Gasteiger partial charge is 0.224 e. The zero-order chi connectivity index (χ0) is 13.2. The van der Waals surface area contributed by atoms with Crippen LogP contribution in [0.4, 0.5) is 0 Å². The summed E-state index contributed by atoms with van der Waals surface area (Å²) < 4.78 is 5.64. The first-order valence-corrected chi connectivity index (χ1v) is 5.98. The number of aryl methyl sites for hydroxylation is 1. The molecular weight excluding hydrogens is 264 g/mol. The van der Waals surface area contributed by atoms with Crippen LogP contribution in [-0.4, -0.2) is 19.9 Å². The SMILES string of the molecule is Cc1nc(Cl)cc(Oc2ccc3nccnc3c2)n1. The highest BCUT2D eigenvalue weighted by molar-refractivity contribution is 6.29. The number of rotatable bonds is 2. The molecule has 5 nitrogen and oxygen atoms in total. The lowest BCUT2D eigenvalue weighted by molar-refractivity contribution is 0.460. The van der Waals surface area contributed by atoms with Crippen molar-refractivity contribution in [2.45, 2.75) is 6.92 Å². The summed E-state index contributed by atoms with van der Waals surface area (Å²) in [6.45, 7) is 1.75. The summed E-state index contributed by atoms with van der Waals surface area (Å²) in [5.74, 6) is 1.59. The third-order valence-electron chi connectivity index (χ3n) is 2.45. The van der Waals surface area contributed by atoms with Gasteiger partial charge in [-0.05, 0) is 19.1 Å². The van der Waals surface area contributed by atoms with E-state index in [1.54, 1.807) is 31.5 Å². The van der Waals surface area contributed by atoms with Crippen LogP contribution in [0.25, 0.3) is 11.0 Å². The standard InChI is InChI=1S/C13H9ClN4O/c1-8-17-12(14)7-13(18-8)19-9-2-3-10-11(6-9)16-5-4-15-10/h2-7H,1H3. The molecule has 0 unspecified atom stereocenters. The average Bonchev–Trinajstić information content (AvgIpc) is 2.37. The molecule has 94 valence electrons. The van der Waals surface area contributed by atoms with Crippen molar-refractivity contribution in [3.05, 3.63) is 47.6 Å². The fourth-order valence-corrected chi connectivity index (χ4v) is 1.90. The van der Waals surface area contributed by atoms with E-state index < -0.39 is 0 Å². The largest absolute Gasteiger partial charge is 0.439 e. The Morgan fingerprint density at radius 3 is 2.58 bits per heavy atom. The van der Waals surface area contributed by atoms with Gasteiger partial charge in [0.15, 0.2) is 0 Å². The molecule has 0 aliphatic carbocycles. The summed E-state index contributed by atoms with van der Waals surface area (Å²) in [6.07, 6.45) is 3.29. The van der Waals surface area contributed by atoms with Gasteiger partial charge < -0.3 is 4.74 Å². The molecule has 0 radical (unpaired) electrons. The summed E-state index contributed by atoms with van der Waals surface area (Å²) in [6, 6.07) is 7.01. The third-order valence-corrected chi connectivity index (χ3v) is 2.64. The molecule has 0 spiro atoms. The Morgan fingerprint density at radius 2 is 1.79 bits per heavy atom. The van der Waals surface area contributed by atoms with Crippen LogP contribution in [0.5, 0.6) is 11.6 Å². The molecule has 0 bridgehead atoms. The predicted molar refractivity (Wildman–Crippen MR) is 71.4 cm³/mol. The number of fused-ring (bicyclic) bond motifs is 1. The van der Waals surface area contributed by atoms with E-state index >= 15 is 0 Å². The van der Waals surface area contributed by atoms with E-state index in [9.17, 15) is 0 Å². The van der Waals surface area contributed by atoms with Crippen molar-refractivity contribution < 1.29 is 4.74 Å². The molecule has 0 saturated heterocycles. The summed E-state index contributed by atoms with van der Waals surface area (Å²) in [4.78, 5) is 16.5. The first-order chi connectivity index (χ1) is 9.20. The maximum absolute atomic E-state index is 5.86. The molecule has 0 N–H and O–H groups in total. The highest BCUT2D eigenvalue weighted by Gasteiger charge is 2.04. The minimum Gasteiger partial charge on any atom is -0.439 e. The van der Waals surface area contributed by atoms with Crippen LogP contribution in [0.2, 0.25) is 5.15 Å². The quantitative estimate of drug-likeness (QED) is 0.671. The second kappa shape index (κ2) is 4.78. The minimum absolute atomic E-state index is 0.350. The number of hydrogen-bond acceptors (Lipinski definition) is 5. The summed E-state index contributed by atoms with van der Waals surface area (Å²) >= 11 is 5.86. The van der Waals surface area contributed by atoms with Gasteiger partial charge in [0.05, 0.1) is 11.0 Å². The van der Waals surface area contributed by atoms with E-state index in [2.05, 4.69) is 19.9 Å². The van der Waals surface area contributed by atoms with Crippen LogP contribution >= 0.6 is 11.6 Å². The third kappa shape index (κ3) is 2.61. The van der Waals surface area contributed by atoms with Gasteiger partial charge in [0.25, 0.3) is 0 Å². The van der Waals surface area contributed by atoms with Crippen LogP contribution < -0.4 is 4.74 Å². The summed E-state index contributed by atoms with van der Waals surface area (Å²) in [5, 5.41) is 0.350. The monoisotopic (exact) mass is 272 g/mol. The molecule has 0 aliphatic rings. The second-order valence-corrected chi connectivity index (χ2v) is 4.27. The first-order valence-electron chi connectivity index (χ1n) is 5.60. The van der Waals surface area contributed by atoms with E-state index in [0.717, 1.165) is 11.0 Å². The van der Waals surface area contributed by atoms with Crippen molar-refractivity contribution in [2.24, 2.45) is 0 Å². The van der Waals surface area contributed by atoms with Gasteiger partial charge in [0.2, 0.25) is 5.88 Å². The highest BCUT2D eigenvalue weighted by Crippen LogP contribution is 2.24. The number of aromatic nitrogens is 4. The first kappa shape index (κ1) is 11.8. The Hall–Kier alpha value is -2.27. The second-order valence-electron chi connectivity index (χ2n) is 3.89. The van der Waals surface area contributed by atoms with E-state index in [-0.39, 0.29) is 0 Å². The van der Waals surface area contributed by atoms with Gasteiger partial charge in [-0.2, -0.15) is 4.98 Å². The predicted octanol–water partition coefficient (Wildman–Crippen LogP) is 3.17. The topological polar surface area (TPSA) is 60.8 Å². The molecule has 1 aromatic carbocycles. The molecule has 2 aromatic heterocycles. The zero-order valence-corrected chi connectivity index (χ0v) is 10.8. The van der Waals surface area contributed by atoms with Crippen molar-refractivity contribution in [1.29, 1.82) is 0 Å². The molecule has 0 atom stereocenters. The Morgan fingerprint density at radius 1 is 1.00 bits per heavy atom. The lowest BCUT2D eigenvalue weighted by Crippen LogP contribution is -1.93. The van der Waals surface area contributed by atoms with Crippen molar-refractivity contribution in [2.75, 3.05) is 0 Å². The fourth-order valence-electron chi connectivity index (χ4n) is 1.69. The van der Waals surface area contributed by atoms with Gasteiger partial charge in [-0.25, -0.2) is 4.98 Å². The number of nitrogens with zero attached hydrogens (tertiary/aromatic N) is 4. The normalized spacial score (nSPS) is 10.6. The molecule has 3 aromatic rings. The number of benzene rings is 1. The van der Waals surface area contributed by atoms with Crippen LogP contribution in [0, 0.1) is 6.92 Å². The van der Waals surface area contributed by atoms with Crippen molar-refractivity contribution in [3.8, 4) is 11.6 Å². The maximum atomic E-state index is 5.86. The maximum Gasteiger partial charge on any atom is 0.224 e. The van der Waals surface area contributed by atoms with Crippen molar-refractivity contribution in [3.63, 3.8) is 0 Å². The van der Waals surface area contributed by atoms with Gasteiger partial charge in [-0.15, -0.1) is 0 Å². The molecule has 3 rings (SSSR count). The molecule has 0 fully saturated rings. The van der Waals surface area contributed by atoms with Crippen LogP contribution in [0.1, 0.15) is 5.82 Å². The van der Waals surface area contributed by atoms with Crippen molar-refractivity contribution >= 4 is 22.6 Å². The Balaban J connectivity index is 1.96. The van der Waals surface area contributed by atoms with E-state index in [1.165, 1.54) is 0 Å². The highest BCUT2D eigenvalue weighted by atomic mass is 35.5. The summed E-state index contributed by atoms with van der Waals surface area (Å²) in [7, 11) is 0. The molecular formula is C13H9ClN4O. The van der Waals surface area contributed by atoms with Crippen LogP contribution in [0.15, 0.2) is 36.7 Å². The number of hydrogen-bond donors (Lipinski definition) is 0. The molecule has 19 heavy (non-hydrogen) atoms. The van der Waals surface area contributed by atoms with E-state index in [1.807, 2.05) is 12.1 Å². The lowest BCUT2D eigenvalue weighted by Gasteiger charge is -2.06. The Kier molecular flexibility index (Phi) is 2.97. The molecule has 0 saturated carbocycles. The Bertz CT molecular complexity index is 727. The van der Waals surface area contributed by atoms with Gasteiger partial charge in [0.1, 0.15) is 16.7 Å². The molecule has 0 aliphatic heterocycles. The minimum atomic E-state index is 0.350. The molecule has 0 amide bonds. The van der Waals surface area contributed by atoms with Crippen molar-refractivity contribution in [1.82, 2.24) is 19.9 Å². The lowest BCUT2D eigenvalue weighted by atomic mass is 10.3. The average molecular weight is 273 g/mol.